The molecule has 0 bridgehead atoms. The fourth-order valence-electron chi connectivity index (χ4n) is 1.67. The Balaban J connectivity index is 2.35. The van der Waals surface area contributed by atoms with Crippen LogP contribution in [0, 0.1) is 0 Å². The van der Waals surface area contributed by atoms with E-state index in [9.17, 15) is 0 Å². The van der Waals surface area contributed by atoms with Crippen LogP contribution in [0.3, 0.4) is 0 Å². The van der Waals surface area contributed by atoms with Crippen molar-refractivity contribution >= 4 is 37.6 Å². The molecular formula is C7H15Cl2Si2. The Morgan fingerprint density at radius 2 is 1.91 bits per heavy atom. The summed E-state index contributed by atoms with van der Waals surface area (Å²) >= 11 is 12.6. The predicted molar refractivity (Wildman–Crippen MR) is 57.5 cm³/mol. The fourth-order valence-corrected chi connectivity index (χ4v) is 13.3. The number of hydrogen-bond donors (Lipinski definition) is 0. The first-order valence-electron chi connectivity index (χ1n) is 4.35. The van der Waals surface area contributed by atoms with Crippen LogP contribution in [-0.2, 0) is 0 Å². The second-order valence-electron chi connectivity index (χ2n) is 3.42. The lowest BCUT2D eigenvalue weighted by Gasteiger charge is -2.29. The van der Waals surface area contributed by atoms with Crippen LogP contribution < -0.4 is 0 Å². The van der Waals surface area contributed by atoms with E-state index in [0.29, 0.717) is 0 Å². The molecule has 0 aliphatic carbocycles. The molecule has 1 aliphatic rings. The van der Waals surface area contributed by atoms with Gasteiger partial charge in [0.25, 0.3) is 0 Å². The molecule has 0 atom stereocenters. The molecule has 1 aliphatic heterocycles. The summed E-state index contributed by atoms with van der Waals surface area (Å²) in [7, 11) is -1.72. The third kappa shape index (κ3) is 3.09. The lowest BCUT2D eigenvalue weighted by atomic mass is 10.6. The summed E-state index contributed by atoms with van der Waals surface area (Å²) < 4.78 is 0. The molecule has 1 fully saturated rings. The van der Waals surface area contributed by atoms with Crippen LogP contribution in [0.25, 0.3) is 0 Å². The molecule has 0 spiro atoms. The Bertz CT molecular complexity index is 122. The third-order valence-electron chi connectivity index (χ3n) is 2.39. The van der Waals surface area contributed by atoms with Gasteiger partial charge < -0.3 is 0 Å². The van der Waals surface area contributed by atoms with Crippen LogP contribution in [-0.4, -0.2) is 15.5 Å². The standard InChI is InChI=1S/C7H15Cl2Si2/c1-2-5-11(9)6-3-10(8)4-7-11/h2-7H2,1H3. The molecule has 4 heteroatoms. The molecule has 11 heavy (non-hydrogen) atoms. The van der Waals surface area contributed by atoms with Gasteiger partial charge in [0.1, 0.15) is 0 Å². The van der Waals surface area contributed by atoms with E-state index >= 15 is 0 Å². The molecule has 0 amide bonds. The fraction of sp³-hybridized carbons (Fsp3) is 1.00. The largest absolute Gasteiger partial charge is 0.169 e. The van der Waals surface area contributed by atoms with Crippen molar-refractivity contribution in [3.05, 3.63) is 0 Å². The molecule has 0 aromatic rings. The van der Waals surface area contributed by atoms with E-state index < -0.39 is 15.5 Å². The van der Waals surface area contributed by atoms with Crippen molar-refractivity contribution in [1.29, 1.82) is 0 Å². The van der Waals surface area contributed by atoms with Crippen molar-refractivity contribution in [3.63, 3.8) is 0 Å². The lowest BCUT2D eigenvalue weighted by Crippen LogP contribution is -2.33. The normalized spacial score (nSPS) is 25.4. The zero-order chi connectivity index (χ0) is 8.32. The first-order valence-corrected chi connectivity index (χ1v) is 10.9. The van der Waals surface area contributed by atoms with Gasteiger partial charge in [0.15, 0.2) is 15.5 Å². The van der Waals surface area contributed by atoms with Crippen molar-refractivity contribution in [2.24, 2.45) is 0 Å². The second kappa shape index (κ2) is 4.31. The smallest absolute Gasteiger partial charge is 0.164 e. The van der Waals surface area contributed by atoms with E-state index in [1.165, 1.54) is 36.6 Å². The summed E-state index contributed by atoms with van der Waals surface area (Å²) in [6, 6.07) is 6.42. The maximum atomic E-state index is 6.54. The first-order chi connectivity index (χ1) is 5.16. The predicted octanol–water partition coefficient (Wildman–Crippen LogP) is 3.82. The van der Waals surface area contributed by atoms with Gasteiger partial charge in [-0.05, 0) is 30.2 Å². The molecule has 65 valence electrons. The molecule has 0 aromatic heterocycles. The highest BCUT2D eigenvalue weighted by Gasteiger charge is 2.35. The van der Waals surface area contributed by atoms with Crippen LogP contribution in [0.15, 0.2) is 0 Å². The van der Waals surface area contributed by atoms with Gasteiger partial charge >= 0.3 is 0 Å². The van der Waals surface area contributed by atoms with Crippen molar-refractivity contribution in [2.75, 3.05) is 0 Å². The highest BCUT2D eigenvalue weighted by atomic mass is 35.6. The maximum absolute atomic E-state index is 6.54. The average Bonchev–Trinajstić information content (AvgIpc) is 1.97. The van der Waals surface area contributed by atoms with Crippen LogP contribution in [0.2, 0.25) is 30.2 Å². The molecule has 0 N–H and O–H groups in total. The molecule has 0 unspecified atom stereocenters. The molecule has 0 aromatic carbocycles. The molecule has 1 rings (SSSR count). The van der Waals surface area contributed by atoms with Crippen LogP contribution in [0.4, 0.5) is 0 Å². The molecule has 1 heterocycles. The van der Waals surface area contributed by atoms with Gasteiger partial charge in [0.2, 0.25) is 0 Å². The second-order valence-corrected chi connectivity index (χ2v) is 13.3. The summed E-state index contributed by atoms with van der Waals surface area (Å²) in [4.78, 5) is 0. The summed E-state index contributed by atoms with van der Waals surface area (Å²) in [6.45, 7) is 2.23. The summed E-state index contributed by atoms with van der Waals surface area (Å²) in [5.41, 5.74) is 0. The van der Waals surface area contributed by atoms with E-state index in [-0.39, 0.29) is 0 Å². The van der Waals surface area contributed by atoms with Crippen LogP contribution >= 0.6 is 22.2 Å². The van der Waals surface area contributed by atoms with E-state index in [2.05, 4.69) is 6.92 Å². The molecular weight excluding hydrogens is 211 g/mol. The zero-order valence-electron chi connectivity index (χ0n) is 7.00. The zero-order valence-corrected chi connectivity index (χ0v) is 10.5. The molecule has 0 nitrogen and oxygen atoms in total. The van der Waals surface area contributed by atoms with Crippen molar-refractivity contribution < 1.29 is 0 Å². The van der Waals surface area contributed by atoms with Gasteiger partial charge in [-0.2, -0.15) is 22.2 Å². The van der Waals surface area contributed by atoms with E-state index in [1.54, 1.807) is 0 Å². The molecule has 1 radical (unpaired) electrons. The van der Waals surface area contributed by atoms with Gasteiger partial charge in [-0.25, -0.2) is 0 Å². The average molecular weight is 226 g/mol. The summed E-state index contributed by atoms with van der Waals surface area (Å²) in [5, 5.41) is 0. The summed E-state index contributed by atoms with van der Waals surface area (Å²) in [5.74, 6) is 0. The highest BCUT2D eigenvalue weighted by Crippen LogP contribution is 2.37. The van der Waals surface area contributed by atoms with E-state index in [0.717, 1.165) is 0 Å². The Morgan fingerprint density at radius 1 is 1.36 bits per heavy atom. The minimum atomic E-state index is -1.27. The van der Waals surface area contributed by atoms with Gasteiger partial charge in [-0.3, -0.25) is 0 Å². The maximum Gasteiger partial charge on any atom is 0.164 e. The van der Waals surface area contributed by atoms with Gasteiger partial charge in [-0.1, -0.05) is 13.3 Å². The Hall–Kier alpha value is 1.01. The number of hydrogen-bond acceptors (Lipinski definition) is 0. The quantitative estimate of drug-likeness (QED) is 0.496. The SMILES string of the molecule is CCC[Si]1(Cl)CC[Si](Cl)CC1. The Morgan fingerprint density at radius 3 is 2.36 bits per heavy atom. The van der Waals surface area contributed by atoms with E-state index in [4.69, 9.17) is 22.2 Å². The summed E-state index contributed by atoms with van der Waals surface area (Å²) in [6.07, 6.45) is 1.26. The number of halogens is 2. The number of rotatable bonds is 2. The third-order valence-corrected chi connectivity index (χ3v) is 11.5. The van der Waals surface area contributed by atoms with E-state index in [1.807, 2.05) is 0 Å². The van der Waals surface area contributed by atoms with Crippen molar-refractivity contribution in [1.82, 2.24) is 0 Å². The molecule has 0 saturated carbocycles. The Labute approximate surface area is 81.3 Å². The highest BCUT2D eigenvalue weighted by molar-refractivity contribution is 7.22. The Kier molecular flexibility index (Phi) is 3.95. The molecule has 1 saturated heterocycles. The topological polar surface area (TPSA) is 0 Å². The van der Waals surface area contributed by atoms with Crippen LogP contribution in [0.1, 0.15) is 13.3 Å². The van der Waals surface area contributed by atoms with Gasteiger partial charge in [0, 0.05) is 0 Å². The minimum absolute atomic E-state index is 0.459. The van der Waals surface area contributed by atoms with Crippen LogP contribution in [0.5, 0.6) is 0 Å². The van der Waals surface area contributed by atoms with Crippen molar-refractivity contribution in [3.8, 4) is 0 Å². The lowest BCUT2D eigenvalue weighted by molar-refractivity contribution is 1.02. The monoisotopic (exact) mass is 225 g/mol. The first kappa shape index (κ1) is 10.1. The van der Waals surface area contributed by atoms with Gasteiger partial charge in [-0.15, -0.1) is 0 Å². The van der Waals surface area contributed by atoms with Gasteiger partial charge in [0.05, 0.1) is 0 Å². The minimum Gasteiger partial charge on any atom is -0.169 e. The van der Waals surface area contributed by atoms with Crippen molar-refractivity contribution in [2.45, 2.75) is 43.6 Å².